The molecule has 0 atom stereocenters. The van der Waals surface area contributed by atoms with Crippen LogP contribution in [0.3, 0.4) is 0 Å². The number of carbonyl (C=O) groups is 2. The molecule has 0 aliphatic heterocycles. The number of hydrogen-bond acceptors (Lipinski definition) is 6. The lowest BCUT2D eigenvalue weighted by molar-refractivity contribution is -0.129. The molecule has 7 nitrogen and oxygen atoms in total. The lowest BCUT2D eigenvalue weighted by Gasteiger charge is -2.20. The third-order valence-electron chi connectivity index (χ3n) is 4.07. The van der Waals surface area contributed by atoms with Crippen LogP contribution in [0.25, 0.3) is 0 Å². The topological polar surface area (TPSA) is 85.9 Å². The van der Waals surface area contributed by atoms with Crippen molar-refractivity contribution in [2.45, 2.75) is 72.8 Å². The first-order chi connectivity index (χ1) is 13.5. The highest BCUT2D eigenvalue weighted by Gasteiger charge is 2.21. The fourth-order valence-corrected chi connectivity index (χ4v) is 2.27. The normalized spacial score (nSPS) is 12.2. The maximum Gasteiger partial charge on any atom is 0.220 e. The standard InChI is InChI=1S/C22H44N2O5/c1-21(2,3)19(25)9-10-20(26)23-11-7-13-27-15-17-29-18-16-28-14-8-12-24-22(4,5)6/h24H,7-18H2,1-6H3,(H,23,26). The van der Waals surface area contributed by atoms with E-state index in [2.05, 4.69) is 31.4 Å². The van der Waals surface area contributed by atoms with Gasteiger partial charge in [0.15, 0.2) is 0 Å². The van der Waals surface area contributed by atoms with Gasteiger partial charge < -0.3 is 24.8 Å². The Labute approximate surface area is 177 Å². The molecule has 0 aromatic rings. The van der Waals surface area contributed by atoms with Crippen molar-refractivity contribution in [3.63, 3.8) is 0 Å². The molecule has 1 amide bonds. The maximum atomic E-state index is 11.8. The van der Waals surface area contributed by atoms with E-state index in [1.165, 1.54) is 0 Å². The van der Waals surface area contributed by atoms with Gasteiger partial charge in [-0.05, 0) is 40.2 Å². The Balaban J connectivity index is 3.30. The molecule has 0 aromatic heterocycles. The molecule has 0 saturated carbocycles. The predicted octanol–water partition coefficient (Wildman–Crippen LogP) is 2.72. The summed E-state index contributed by atoms with van der Waals surface area (Å²) in [5.41, 5.74) is -0.229. The summed E-state index contributed by atoms with van der Waals surface area (Å²) in [6.45, 7) is 17.1. The zero-order valence-electron chi connectivity index (χ0n) is 19.5. The second-order valence-electron chi connectivity index (χ2n) is 9.24. The monoisotopic (exact) mass is 416 g/mol. The van der Waals surface area contributed by atoms with E-state index < -0.39 is 0 Å². The number of amides is 1. The van der Waals surface area contributed by atoms with Gasteiger partial charge in [-0.15, -0.1) is 0 Å². The van der Waals surface area contributed by atoms with Crippen LogP contribution in [0.15, 0.2) is 0 Å². The first kappa shape index (κ1) is 28.0. The van der Waals surface area contributed by atoms with Crippen molar-refractivity contribution in [1.29, 1.82) is 0 Å². The number of hydrogen-bond donors (Lipinski definition) is 2. The smallest absolute Gasteiger partial charge is 0.220 e. The van der Waals surface area contributed by atoms with E-state index in [9.17, 15) is 9.59 Å². The molecule has 0 saturated heterocycles. The molecule has 29 heavy (non-hydrogen) atoms. The first-order valence-corrected chi connectivity index (χ1v) is 10.8. The molecule has 7 heteroatoms. The summed E-state index contributed by atoms with van der Waals surface area (Å²) in [7, 11) is 0. The van der Waals surface area contributed by atoms with Gasteiger partial charge in [0.25, 0.3) is 0 Å². The van der Waals surface area contributed by atoms with E-state index in [1.54, 1.807) is 0 Å². The summed E-state index contributed by atoms with van der Waals surface area (Å²) >= 11 is 0. The van der Waals surface area contributed by atoms with E-state index in [4.69, 9.17) is 14.2 Å². The Hall–Kier alpha value is -1.02. The van der Waals surface area contributed by atoms with Crippen molar-refractivity contribution >= 4 is 11.7 Å². The zero-order valence-corrected chi connectivity index (χ0v) is 19.5. The van der Waals surface area contributed by atoms with E-state index >= 15 is 0 Å². The lowest BCUT2D eigenvalue weighted by atomic mass is 9.88. The Morgan fingerprint density at radius 3 is 1.66 bits per heavy atom. The van der Waals surface area contributed by atoms with Crippen molar-refractivity contribution < 1.29 is 23.8 Å². The Bertz CT molecular complexity index is 441. The van der Waals surface area contributed by atoms with Gasteiger partial charge in [0, 0.05) is 43.6 Å². The second kappa shape index (κ2) is 15.8. The fourth-order valence-electron chi connectivity index (χ4n) is 2.27. The average Bonchev–Trinajstić information content (AvgIpc) is 2.61. The van der Waals surface area contributed by atoms with Crippen LogP contribution in [0, 0.1) is 5.41 Å². The molecule has 0 unspecified atom stereocenters. The van der Waals surface area contributed by atoms with Crippen LogP contribution in [0.1, 0.15) is 67.2 Å². The van der Waals surface area contributed by atoms with Crippen LogP contribution in [0.4, 0.5) is 0 Å². The molecular weight excluding hydrogens is 372 g/mol. The van der Waals surface area contributed by atoms with Gasteiger partial charge in [0.2, 0.25) is 5.91 Å². The summed E-state index contributed by atoms with van der Waals surface area (Å²) in [6, 6.07) is 0. The Kier molecular flexibility index (Phi) is 15.2. The Morgan fingerprint density at radius 2 is 1.17 bits per heavy atom. The van der Waals surface area contributed by atoms with Crippen LogP contribution < -0.4 is 10.6 Å². The predicted molar refractivity (Wildman–Crippen MR) is 116 cm³/mol. The summed E-state index contributed by atoms with van der Waals surface area (Å²) in [4.78, 5) is 23.5. The van der Waals surface area contributed by atoms with Gasteiger partial charge >= 0.3 is 0 Å². The number of ketones is 1. The van der Waals surface area contributed by atoms with Gasteiger partial charge in [-0.1, -0.05) is 20.8 Å². The van der Waals surface area contributed by atoms with Gasteiger partial charge in [0.05, 0.1) is 26.4 Å². The third-order valence-corrected chi connectivity index (χ3v) is 4.07. The molecule has 0 spiro atoms. The molecule has 2 N–H and O–H groups in total. The number of ether oxygens (including phenoxy) is 3. The minimum atomic E-state index is -0.383. The molecule has 0 heterocycles. The van der Waals surface area contributed by atoms with E-state index in [-0.39, 0.29) is 29.1 Å². The van der Waals surface area contributed by atoms with Crippen molar-refractivity contribution in [2.24, 2.45) is 5.41 Å². The van der Waals surface area contributed by atoms with Crippen LogP contribution in [0.5, 0.6) is 0 Å². The zero-order chi connectivity index (χ0) is 22.2. The van der Waals surface area contributed by atoms with Crippen molar-refractivity contribution in [3.05, 3.63) is 0 Å². The molecule has 0 radical (unpaired) electrons. The molecule has 0 aromatic carbocycles. The molecule has 172 valence electrons. The summed E-state index contributed by atoms with van der Waals surface area (Å²) in [5.74, 6) is 0.0269. The molecular formula is C22H44N2O5. The lowest BCUT2D eigenvalue weighted by Crippen LogP contribution is -2.36. The van der Waals surface area contributed by atoms with Gasteiger partial charge in [-0.3, -0.25) is 9.59 Å². The van der Waals surface area contributed by atoms with Crippen molar-refractivity contribution in [1.82, 2.24) is 10.6 Å². The summed E-state index contributed by atoms with van der Waals surface area (Å²) in [6.07, 6.45) is 2.27. The third kappa shape index (κ3) is 20.0. The van der Waals surface area contributed by atoms with Crippen LogP contribution >= 0.6 is 0 Å². The fraction of sp³-hybridized carbons (Fsp3) is 0.909. The number of rotatable bonds is 17. The Morgan fingerprint density at radius 1 is 0.690 bits per heavy atom. The number of nitrogens with one attached hydrogen (secondary N) is 2. The van der Waals surface area contributed by atoms with Crippen LogP contribution in [0.2, 0.25) is 0 Å². The van der Waals surface area contributed by atoms with E-state index in [0.717, 1.165) is 26.0 Å². The minimum Gasteiger partial charge on any atom is -0.379 e. The van der Waals surface area contributed by atoms with E-state index in [0.29, 0.717) is 46.0 Å². The minimum absolute atomic E-state index is 0.0832. The van der Waals surface area contributed by atoms with Crippen LogP contribution in [-0.2, 0) is 23.8 Å². The quantitative estimate of drug-likeness (QED) is 0.355. The highest BCUT2D eigenvalue weighted by atomic mass is 16.5. The van der Waals surface area contributed by atoms with Crippen molar-refractivity contribution in [3.8, 4) is 0 Å². The first-order valence-electron chi connectivity index (χ1n) is 10.8. The van der Waals surface area contributed by atoms with Crippen LogP contribution in [-0.4, -0.2) is 70.0 Å². The molecule has 0 aliphatic carbocycles. The second-order valence-corrected chi connectivity index (χ2v) is 9.24. The largest absolute Gasteiger partial charge is 0.379 e. The molecule has 0 bridgehead atoms. The number of Topliss-reactive ketones (excluding diaryl/α,β-unsaturated/α-hetero) is 1. The average molecular weight is 417 g/mol. The summed E-state index contributed by atoms with van der Waals surface area (Å²) < 4.78 is 16.4. The maximum absolute atomic E-state index is 11.8. The summed E-state index contributed by atoms with van der Waals surface area (Å²) in [5, 5.41) is 6.23. The molecule has 0 fully saturated rings. The molecule has 0 aliphatic rings. The van der Waals surface area contributed by atoms with E-state index in [1.807, 2.05) is 20.8 Å². The highest BCUT2D eigenvalue weighted by Crippen LogP contribution is 2.17. The van der Waals surface area contributed by atoms with Crippen molar-refractivity contribution in [2.75, 3.05) is 52.7 Å². The molecule has 0 rings (SSSR count). The van der Waals surface area contributed by atoms with Gasteiger partial charge in [-0.2, -0.15) is 0 Å². The number of carbonyl (C=O) groups excluding carboxylic acids is 2. The van der Waals surface area contributed by atoms with Gasteiger partial charge in [-0.25, -0.2) is 0 Å². The SMILES string of the molecule is CC(C)(C)NCCCOCCOCCOCCCNC(=O)CCC(=O)C(C)(C)C. The van der Waals surface area contributed by atoms with Gasteiger partial charge in [0.1, 0.15) is 5.78 Å². The highest BCUT2D eigenvalue weighted by molar-refractivity contribution is 5.88.